The van der Waals surface area contributed by atoms with E-state index in [4.69, 9.17) is 0 Å². The maximum absolute atomic E-state index is 12.6. The molecule has 0 aromatic heterocycles. The summed E-state index contributed by atoms with van der Waals surface area (Å²) in [6, 6.07) is 5.75. The van der Waals surface area contributed by atoms with Gasteiger partial charge in [-0.05, 0) is 38.1 Å². The first-order valence-electron chi connectivity index (χ1n) is 4.35. The van der Waals surface area contributed by atoms with Crippen molar-refractivity contribution >= 4 is 17.5 Å². The van der Waals surface area contributed by atoms with Crippen molar-refractivity contribution in [1.29, 1.82) is 0 Å². The van der Waals surface area contributed by atoms with E-state index in [-0.39, 0.29) is 22.3 Å². The van der Waals surface area contributed by atoms with Crippen LogP contribution in [0, 0.1) is 5.82 Å². The van der Waals surface area contributed by atoms with E-state index in [1.165, 1.54) is 26.0 Å². The highest BCUT2D eigenvalue weighted by atomic mass is 32.2. The van der Waals surface area contributed by atoms with Crippen LogP contribution in [0.3, 0.4) is 0 Å². The highest BCUT2D eigenvalue weighted by Gasteiger charge is 2.09. The first-order chi connectivity index (χ1) is 7.00. The van der Waals surface area contributed by atoms with Crippen molar-refractivity contribution in [3.05, 3.63) is 40.7 Å². The molecule has 0 saturated heterocycles. The van der Waals surface area contributed by atoms with Crippen LogP contribution in [0.1, 0.15) is 13.8 Å². The van der Waals surface area contributed by atoms with Crippen molar-refractivity contribution in [3.63, 3.8) is 0 Å². The minimum atomic E-state index is -0.326. The number of carbonyl (C=O) groups is 1. The van der Waals surface area contributed by atoms with Crippen LogP contribution in [-0.2, 0) is 4.79 Å². The van der Waals surface area contributed by atoms with Gasteiger partial charge in [-0.2, -0.15) is 0 Å². The molecule has 0 fully saturated rings. The SMILES string of the molecule is CC(=O)/C(Sc1ccc(F)cc1)=C(/C)O. The van der Waals surface area contributed by atoms with Crippen molar-refractivity contribution in [3.8, 4) is 0 Å². The van der Waals surface area contributed by atoms with E-state index in [0.717, 1.165) is 16.7 Å². The molecule has 0 radical (unpaired) electrons. The van der Waals surface area contributed by atoms with Gasteiger partial charge in [-0.15, -0.1) is 0 Å². The first-order valence-corrected chi connectivity index (χ1v) is 5.16. The van der Waals surface area contributed by atoms with Crippen molar-refractivity contribution in [2.75, 3.05) is 0 Å². The summed E-state index contributed by atoms with van der Waals surface area (Å²) in [5.41, 5.74) is 0. The van der Waals surface area contributed by atoms with Gasteiger partial charge in [0, 0.05) is 4.90 Å². The zero-order valence-electron chi connectivity index (χ0n) is 8.45. The maximum Gasteiger partial charge on any atom is 0.169 e. The molecule has 1 rings (SSSR count). The van der Waals surface area contributed by atoms with E-state index >= 15 is 0 Å². The average Bonchev–Trinajstić information content (AvgIpc) is 2.15. The van der Waals surface area contributed by atoms with E-state index < -0.39 is 0 Å². The highest BCUT2D eigenvalue weighted by molar-refractivity contribution is 8.04. The number of hydrogen-bond acceptors (Lipinski definition) is 3. The van der Waals surface area contributed by atoms with E-state index in [1.54, 1.807) is 12.1 Å². The van der Waals surface area contributed by atoms with Crippen molar-refractivity contribution in [2.24, 2.45) is 0 Å². The Morgan fingerprint density at radius 1 is 1.27 bits per heavy atom. The number of aliphatic hydroxyl groups excluding tert-OH is 1. The normalized spacial score (nSPS) is 12.2. The molecule has 0 spiro atoms. The zero-order chi connectivity index (χ0) is 11.4. The molecule has 0 amide bonds. The Bertz CT molecular complexity index is 392. The lowest BCUT2D eigenvalue weighted by molar-refractivity contribution is -0.113. The summed E-state index contributed by atoms with van der Waals surface area (Å²) in [5.74, 6) is -0.547. The van der Waals surface area contributed by atoms with Gasteiger partial charge in [0.05, 0.1) is 4.91 Å². The number of aliphatic hydroxyl groups is 1. The Hall–Kier alpha value is -1.29. The molecule has 4 heteroatoms. The molecule has 0 aliphatic carbocycles. The zero-order valence-corrected chi connectivity index (χ0v) is 9.27. The second-order valence-corrected chi connectivity index (χ2v) is 4.11. The smallest absolute Gasteiger partial charge is 0.169 e. The van der Waals surface area contributed by atoms with E-state index in [9.17, 15) is 14.3 Å². The van der Waals surface area contributed by atoms with Crippen LogP contribution in [0.5, 0.6) is 0 Å². The Kier molecular flexibility index (Phi) is 3.91. The van der Waals surface area contributed by atoms with Crippen LogP contribution in [0.15, 0.2) is 39.8 Å². The van der Waals surface area contributed by atoms with Gasteiger partial charge in [-0.1, -0.05) is 11.8 Å². The number of thioether (sulfide) groups is 1. The Labute approximate surface area is 91.8 Å². The van der Waals surface area contributed by atoms with Gasteiger partial charge in [-0.3, -0.25) is 4.79 Å². The number of Topliss-reactive ketones (excluding diaryl/α,β-unsaturated/α-hetero) is 1. The van der Waals surface area contributed by atoms with Crippen molar-refractivity contribution in [1.82, 2.24) is 0 Å². The molecule has 15 heavy (non-hydrogen) atoms. The minimum Gasteiger partial charge on any atom is -0.511 e. The van der Waals surface area contributed by atoms with Gasteiger partial charge in [0.1, 0.15) is 11.6 Å². The summed E-state index contributed by atoms with van der Waals surface area (Å²) in [6.45, 7) is 2.83. The molecular formula is C11H11FO2S. The lowest BCUT2D eigenvalue weighted by Gasteiger charge is -2.04. The Morgan fingerprint density at radius 2 is 1.80 bits per heavy atom. The first kappa shape index (κ1) is 11.8. The highest BCUT2D eigenvalue weighted by Crippen LogP contribution is 2.28. The molecular weight excluding hydrogens is 215 g/mol. The van der Waals surface area contributed by atoms with Crippen LogP contribution >= 0.6 is 11.8 Å². The second-order valence-electron chi connectivity index (χ2n) is 3.03. The topological polar surface area (TPSA) is 37.3 Å². The van der Waals surface area contributed by atoms with Gasteiger partial charge in [0.2, 0.25) is 0 Å². The molecule has 0 atom stereocenters. The van der Waals surface area contributed by atoms with Crippen molar-refractivity contribution in [2.45, 2.75) is 18.7 Å². The van der Waals surface area contributed by atoms with Crippen LogP contribution in [-0.4, -0.2) is 10.9 Å². The molecule has 80 valence electrons. The predicted octanol–water partition coefficient (Wildman–Crippen LogP) is 3.30. The summed E-state index contributed by atoms with van der Waals surface area (Å²) in [6.07, 6.45) is 0. The predicted molar refractivity (Wildman–Crippen MR) is 58.3 cm³/mol. The number of halogens is 1. The molecule has 0 aliphatic heterocycles. The third kappa shape index (κ3) is 3.40. The van der Waals surface area contributed by atoms with Gasteiger partial charge >= 0.3 is 0 Å². The molecule has 0 bridgehead atoms. The van der Waals surface area contributed by atoms with E-state index in [1.807, 2.05) is 0 Å². The summed E-state index contributed by atoms with van der Waals surface area (Å²) in [5, 5.41) is 9.26. The molecule has 2 nitrogen and oxygen atoms in total. The minimum absolute atomic E-state index is 0.0168. The average molecular weight is 226 g/mol. The van der Waals surface area contributed by atoms with Crippen LogP contribution in [0.2, 0.25) is 0 Å². The number of allylic oxidation sites excluding steroid dienone is 2. The summed E-state index contributed by atoms with van der Waals surface area (Å²) >= 11 is 1.13. The quantitative estimate of drug-likeness (QED) is 0.488. The third-order valence-electron chi connectivity index (χ3n) is 1.68. The number of rotatable bonds is 3. The van der Waals surface area contributed by atoms with Gasteiger partial charge < -0.3 is 5.11 Å². The summed E-state index contributed by atoms with van der Waals surface area (Å²) in [7, 11) is 0. The lowest BCUT2D eigenvalue weighted by atomic mass is 10.3. The van der Waals surface area contributed by atoms with Crippen LogP contribution < -0.4 is 0 Å². The monoisotopic (exact) mass is 226 g/mol. The van der Waals surface area contributed by atoms with E-state index in [2.05, 4.69) is 0 Å². The standard InChI is InChI=1S/C11H11FO2S/c1-7(13)11(8(2)14)15-10-5-3-9(12)4-6-10/h3-6,13H,1-2H3/b11-7+. The van der Waals surface area contributed by atoms with Gasteiger partial charge in [0.25, 0.3) is 0 Å². The molecule has 0 saturated carbocycles. The molecule has 1 aromatic carbocycles. The second kappa shape index (κ2) is 4.98. The molecule has 1 aromatic rings. The fourth-order valence-electron chi connectivity index (χ4n) is 1.02. The van der Waals surface area contributed by atoms with Gasteiger partial charge in [-0.25, -0.2) is 4.39 Å². The molecule has 0 unspecified atom stereocenters. The third-order valence-corrected chi connectivity index (χ3v) is 2.98. The number of carbonyl (C=O) groups excluding carboxylic acids is 1. The Balaban J connectivity index is 2.90. The van der Waals surface area contributed by atoms with Crippen LogP contribution in [0.25, 0.3) is 0 Å². The van der Waals surface area contributed by atoms with Gasteiger partial charge in [0.15, 0.2) is 5.78 Å². The fraction of sp³-hybridized carbons (Fsp3) is 0.182. The fourth-order valence-corrected chi connectivity index (χ4v) is 1.82. The van der Waals surface area contributed by atoms with Crippen molar-refractivity contribution < 1.29 is 14.3 Å². The summed E-state index contributed by atoms with van der Waals surface area (Å²) in [4.78, 5) is 12.1. The molecule has 0 aliphatic rings. The maximum atomic E-state index is 12.6. The molecule has 0 heterocycles. The Morgan fingerprint density at radius 3 is 2.20 bits per heavy atom. The van der Waals surface area contributed by atoms with Crippen LogP contribution in [0.4, 0.5) is 4.39 Å². The van der Waals surface area contributed by atoms with E-state index in [0.29, 0.717) is 0 Å². The number of ketones is 1. The lowest BCUT2D eigenvalue weighted by Crippen LogP contribution is -1.95. The number of benzene rings is 1. The summed E-state index contributed by atoms with van der Waals surface area (Å²) < 4.78 is 12.6. The number of hydrogen-bond donors (Lipinski definition) is 1. The largest absolute Gasteiger partial charge is 0.511 e. The molecule has 1 N–H and O–H groups in total.